The highest BCUT2D eigenvalue weighted by molar-refractivity contribution is 5.79. The lowest BCUT2D eigenvalue weighted by molar-refractivity contribution is -0.137. The monoisotopic (exact) mass is 244 g/mol. The summed E-state index contributed by atoms with van der Waals surface area (Å²) in [5.41, 5.74) is 2.63. The Bertz CT molecular complexity index is 433. The average Bonchev–Trinajstić information content (AvgIpc) is 2.81. The molecule has 2 heterocycles. The third kappa shape index (κ3) is 2.15. The maximum Gasteiger partial charge on any atom is 0.226 e. The molecule has 18 heavy (non-hydrogen) atoms. The third-order valence-corrected chi connectivity index (χ3v) is 4.13. The fourth-order valence-electron chi connectivity index (χ4n) is 3.10. The minimum Gasteiger partial charge on any atom is -0.334 e. The van der Waals surface area contributed by atoms with E-state index >= 15 is 0 Å². The summed E-state index contributed by atoms with van der Waals surface area (Å²) in [4.78, 5) is 14.5. The van der Waals surface area contributed by atoms with Gasteiger partial charge in [0.25, 0.3) is 0 Å². The number of nitrogens with zero attached hydrogens (tertiary/aromatic N) is 1. The van der Waals surface area contributed by atoms with E-state index in [0.29, 0.717) is 11.9 Å². The Morgan fingerprint density at radius 3 is 2.56 bits per heavy atom. The zero-order valence-corrected chi connectivity index (χ0v) is 10.9. The Hall–Kier alpha value is -1.35. The van der Waals surface area contributed by atoms with Crippen molar-refractivity contribution < 1.29 is 4.79 Å². The van der Waals surface area contributed by atoms with Gasteiger partial charge in [0.1, 0.15) is 0 Å². The number of carbonyl (C=O) groups is 1. The zero-order valence-electron chi connectivity index (χ0n) is 10.9. The molecule has 1 aromatic rings. The second-order valence-corrected chi connectivity index (χ2v) is 5.54. The van der Waals surface area contributed by atoms with E-state index < -0.39 is 0 Å². The Labute approximate surface area is 108 Å². The van der Waals surface area contributed by atoms with Gasteiger partial charge < -0.3 is 10.2 Å². The fourth-order valence-corrected chi connectivity index (χ4v) is 3.10. The second-order valence-electron chi connectivity index (χ2n) is 5.54. The van der Waals surface area contributed by atoms with Crippen molar-refractivity contribution in [1.82, 2.24) is 10.2 Å². The van der Waals surface area contributed by atoms with E-state index in [1.807, 2.05) is 4.90 Å². The standard InChI is InChI=1S/C15H20N2O/c1-11-8-12(6-7-16-11)15(18)17-9-13-4-2-3-5-14(13)10-17/h2-5,11-12,16H,6-10H2,1H3/t11-,12-/m0/s1. The summed E-state index contributed by atoms with van der Waals surface area (Å²) in [6.45, 7) is 4.73. The summed E-state index contributed by atoms with van der Waals surface area (Å²) in [5, 5.41) is 3.40. The number of carbonyl (C=O) groups excluding carboxylic acids is 1. The number of hydrogen-bond donors (Lipinski definition) is 1. The van der Waals surface area contributed by atoms with E-state index in [1.54, 1.807) is 0 Å². The molecule has 1 N–H and O–H groups in total. The zero-order chi connectivity index (χ0) is 12.5. The molecule has 0 aromatic heterocycles. The molecule has 0 aliphatic carbocycles. The Morgan fingerprint density at radius 2 is 1.94 bits per heavy atom. The van der Waals surface area contributed by atoms with Crippen LogP contribution in [0.15, 0.2) is 24.3 Å². The van der Waals surface area contributed by atoms with Crippen molar-refractivity contribution in [2.24, 2.45) is 5.92 Å². The summed E-state index contributed by atoms with van der Waals surface area (Å²) < 4.78 is 0. The van der Waals surface area contributed by atoms with E-state index in [0.717, 1.165) is 32.5 Å². The van der Waals surface area contributed by atoms with Crippen LogP contribution in [0.25, 0.3) is 0 Å². The maximum atomic E-state index is 12.5. The fraction of sp³-hybridized carbons (Fsp3) is 0.533. The summed E-state index contributed by atoms with van der Waals surface area (Å²) in [5.74, 6) is 0.565. The van der Waals surface area contributed by atoms with E-state index in [-0.39, 0.29) is 5.92 Å². The first-order chi connectivity index (χ1) is 8.74. The molecular weight excluding hydrogens is 224 g/mol. The highest BCUT2D eigenvalue weighted by Gasteiger charge is 2.31. The van der Waals surface area contributed by atoms with Gasteiger partial charge >= 0.3 is 0 Å². The van der Waals surface area contributed by atoms with Crippen LogP contribution in [0.1, 0.15) is 30.9 Å². The highest BCUT2D eigenvalue weighted by Crippen LogP contribution is 2.26. The van der Waals surface area contributed by atoms with Crippen molar-refractivity contribution in [2.75, 3.05) is 6.54 Å². The van der Waals surface area contributed by atoms with Crippen LogP contribution in [0.5, 0.6) is 0 Å². The molecule has 0 radical (unpaired) electrons. The number of fused-ring (bicyclic) bond motifs is 1. The first kappa shape index (κ1) is 11.7. The molecule has 0 saturated carbocycles. The molecule has 1 amide bonds. The van der Waals surface area contributed by atoms with Crippen LogP contribution in [-0.2, 0) is 17.9 Å². The average molecular weight is 244 g/mol. The Morgan fingerprint density at radius 1 is 1.28 bits per heavy atom. The van der Waals surface area contributed by atoms with E-state index in [9.17, 15) is 4.79 Å². The van der Waals surface area contributed by atoms with Crippen LogP contribution >= 0.6 is 0 Å². The summed E-state index contributed by atoms with van der Waals surface area (Å²) in [6, 6.07) is 8.85. The first-order valence-corrected chi connectivity index (χ1v) is 6.83. The van der Waals surface area contributed by atoms with E-state index in [4.69, 9.17) is 0 Å². The lowest BCUT2D eigenvalue weighted by atomic mass is 9.92. The predicted molar refractivity (Wildman–Crippen MR) is 70.9 cm³/mol. The van der Waals surface area contributed by atoms with Crippen LogP contribution in [-0.4, -0.2) is 23.4 Å². The summed E-state index contributed by atoms with van der Waals surface area (Å²) >= 11 is 0. The second kappa shape index (κ2) is 4.73. The summed E-state index contributed by atoms with van der Waals surface area (Å²) in [6.07, 6.45) is 1.96. The van der Waals surface area contributed by atoms with Crippen LogP contribution < -0.4 is 5.32 Å². The smallest absolute Gasteiger partial charge is 0.226 e. The molecule has 0 unspecified atom stereocenters. The SMILES string of the molecule is C[C@H]1C[C@@H](C(=O)N2Cc3ccccc3C2)CCN1. The van der Waals surface area contributed by atoms with Gasteiger partial charge in [0.15, 0.2) is 0 Å². The van der Waals surface area contributed by atoms with Gasteiger partial charge in [-0.3, -0.25) is 4.79 Å². The quantitative estimate of drug-likeness (QED) is 0.818. The van der Waals surface area contributed by atoms with E-state index in [1.165, 1.54) is 11.1 Å². The van der Waals surface area contributed by atoms with Crippen LogP contribution in [0, 0.1) is 5.92 Å². The lowest BCUT2D eigenvalue weighted by Crippen LogP contribution is -2.42. The van der Waals surface area contributed by atoms with Gasteiger partial charge in [-0.2, -0.15) is 0 Å². The van der Waals surface area contributed by atoms with Crippen LogP contribution in [0.4, 0.5) is 0 Å². The third-order valence-electron chi connectivity index (χ3n) is 4.13. The maximum absolute atomic E-state index is 12.5. The first-order valence-electron chi connectivity index (χ1n) is 6.83. The molecule has 3 rings (SSSR count). The number of amides is 1. The van der Waals surface area contributed by atoms with Gasteiger partial charge in [0.2, 0.25) is 5.91 Å². The van der Waals surface area contributed by atoms with Crippen molar-refractivity contribution in [2.45, 2.75) is 38.9 Å². The van der Waals surface area contributed by atoms with Crippen molar-refractivity contribution >= 4 is 5.91 Å². The Balaban J connectivity index is 1.68. The minimum atomic E-state index is 0.218. The predicted octanol–water partition coefficient (Wildman–Crippen LogP) is 1.92. The summed E-state index contributed by atoms with van der Waals surface area (Å²) in [7, 11) is 0. The molecule has 96 valence electrons. The number of hydrogen-bond acceptors (Lipinski definition) is 2. The minimum absolute atomic E-state index is 0.218. The van der Waals surface area contributed by atoms with Gasteiger partial charge in [-0.25, -0.2) is 0 Å². The molecule has 0 bridgehead atoms. The molecule has 1 fully saturated rings. The molecule has 1 saturated heterocycles. The molecule has 3 heteroatoms. The lowest BCUT2D eigenvalue weighted by Gasteiger charge is -2.30. The molecule has 2 aliphatic heterocycles. The molecule has 2 aliphatic rings. The van der Waals surface area contributed by atoms with Crippen molar-refractivity contribution in [3.63, 3.8) is 0 Å². The molecule has 3 nitrogen and oxygen atoms in total. The number of benzene rings is 1. The van der Waals surface area contributed by atoms with Gasteiger partial charge in [-0.1, -0.05) is 24.3 Å². The molecule has 0 spiro atoms. The van der Waals surface area contributed by atoms with Crippen molar-refractivity contribution in [3.05, 3.63) is 35.4 Å². The van der Waals surface area contributed by atoms with Crippen molar-refractivity contribution in [1.29, 1.82) is 0 Å². The van der Waals surface area contributed by atoms with Gasteiger partial charge in [0.05, 0.1) is 0 Å². The van der Waals surface area contributed by atoms with Gasteiger partial charge in [-0.15, -0.1) is 0 Å². The molecule has 1 aromatic carbocycles. The van der Waals surface area contributed by atoms with Crippen LogP contribution in [0.2, 0.25) is 0 Å². The Kier molecular flexibility index (Phi) is 3.08. The topological polar surface area (TPSA) is 32.3 Å². The molecule has 2 atom stereocenters. The van der Waals surface area contributed by atoms with Gasteiger partial charge in [0, 0.05) is 25.0 Å². The largest absolute Gasteiger partial charge is 0.334 e. The number of rotatable bonds is 1. The van der Waals surface area contributed by atoms with Gasteiger partial charge in [-0.05, 0) is 37.4 Å². The van der Waals surface area contributed by atoms with Crippen molar-refractivity contribution in [3.8, 4) is 0 Å². The van der Waals surface area contributed by atoms with E-state index in [2.05, 4.69) is 36.5 Å². The van der Waals surface area contributed by atoms with Crippen LogP contribution in [0.3, 0.4) is 0 Å². The normalized spacial score (nSPS) is 27.1. The highest BCUT2D eigenvalue weighted by atomic mass is 16.2. The number of nitrogens with one attached hydrogen (secondary N) is 1. The molecular formula is C15H20N2O. The number of piperidine rings is 1.